The van der Waals surface area contributed by atoms with Crippen molar-refractivity contribution < 1.29 is 19.1 Å². The number of nitrogens with zero attached hydrogens (tertiary/aromatic N) is 3. The Labute approximate surface area is 195 Å². The Hall–Kier alpha value is -3.63. The van der Waals surface area contributed by atoms with Crippen LogP contribution in [0.2, 0.25) is 0 Å². The zero-order valence-electron chi connectivity index (χ0n) is 17.8. The fourth-order valence-electron chi connectivity index (χ4n) is 4.21. The number of hydrogen-bond acceptors (Lipinski definition) is 8. The molecule has 4 heterocycles. The molecule has 8 nitrogen and oxygen atoms in total. The van der Waals surface area contributed by atoms with Gasteiger partial charge in [0.2, 0.25) is 5.91 Å². The number of anilines is 1. The molecule has 2 aliphatic rings. The van der Waals surface area contributed by atoms with Crippen LogP contribution in [-0.4, -0.2) is 29.5 Å². The average Bonchev–Trinajstić information content (AvgIpc) is 3.49. The van der Waals surface area contributed by atoms with E-state index >= 15 is 0 Å². The number of methoxy groups -OCH3 is 1. The molecule has 1 atom stereocenters. The van der Waals surface area contributed by atoms with Crippen LogP contribution in [0.1, 0.15) is 30.3 Å². The summed E-state index contributed by atoms with van der Waals surface area (Å²) in [6.07, 6.45) is 0. The molecule has 0 spiro atoms. The van der Waals surface area contributed by atoms with E-state index in [1.807, 2.05) is 17.5 Å². The Balaban J connectivity index is 1.86. The third kappa shape index (κ3) is 3.05. The first-order valence-corrected chi connectivity index (χ1v) is 11.7. The minimum Gasteiger partial charge on any atom is -0.466 e. The smallest absolute Gasteiger partial charge is 0.338 e. The molecule has 1 aromatic carbocycles. The van der Waals surface area contributed by atoms with Crippen LogP contribution in [0.25, 0.3) is 5.57 Å². The van der Waals surface area contributed by atoms with E-state index in [-0.39, 0.29) is 15.7 Å². The Morgan fingerprint density at radius 2 is 1.88 bits per heavy atom. The van der Waals surface area contributed by atoms with Gasteiger partial charge in [-0.25, -0.2) is 14.7 Å². The van der Waals surface area contributed by atoms with Crippen LogP contribution >= 0.6 is 22.7 Å². The highest BCUT2D eigenvalue weighted by Crippen LogP contribution is 2.36. The van der Waals surface area contributed by atoms with Crippen LogP contribution in [0.3, 0.4) is 0 Å². The maximum atomic E-state index is 13.8. The van der Waals surface area contributed by atoms with Gasteiger partial charge in [-0.15, -0.1) is 11.3 Å². The standard InChI is InChI=1S/C23H17N3O5S2/c1-11-16(22(30)31-3)18(15-9-6-10-32-15)26-21(29)19(33-23(26)24-11)17-13-7-4-5-8-14(13)25(12(2)27)20(17)28/h4-10,18H,1-3H3. The fourth-order valence-corrected chi connectivity index (χ4v) is 6.17. The van der Waals surface area contributed by atoms with E-state index in [0.29, 0.717) is 21.7 Å². The van der Waals surface area contributed by atoms with Crippen LogP contribution in [0.15, 0.2) is 62.8 Å². The summed E-state index contributed by atoms with van der Waals surface area (Å²) in [5.74, 6) is -1.56. The van der Waals surface area contributed by atoms with E-state index in [9.17, 15) is 19.2 Å². The van der Waals surface area contributed by atoms with Gasteiger partial charge in [0.25, 0.3) is 11.5 Å². The minimum atomic E-state index is -0.723. The number of thiophene rings is 1. The third-order valence-corrected chi connectivity index (χ3v) is 7.57. The largest absolute Gasteiger partial charge is 0.466 e. The Bertz CT molecular complexity index is 1560. The molecule has 3 aromatic rings. The molecule has 10 heteroatoms. The monoisotopic (exact) mass is 479 g/mol. The molecule has 33 heavy (non-hydrogen) atoms. The summed E-state index contributed by atoms with van der Waals surface area (Å²) in [6, 6.07) is 9.82. The van der Waals surface area contributed by atoms with Crippen molar-refractivity contribution in [1.82, 2.24) is 4.57 Å². The highest BCUT2D eigenvalue weighted by molar-refractivity contribution is 7.10. The predicted octanol–water partition coefficient (Wildman–Crippen LogP) is 1.73. The molecular weight excluding hydrogens is 462 g/mol. The first-order valence-electron chi connectivity index (χ1n) is 9.96. The molecule has 0 saturated heterocycles. The van der Waals surface area contributed by atoms with Crippen molar-refractivity contribution >= 4 is 51.7 Å². The number of carbonyl (C=O) groups excluding carboxylic acids is 3. The molecule has 0 aliphatic carbocycles. The zero-order valence-corrected chi connectivity index (χ0v) is 19.5. The highest BCUT2D eigenvalue weighted by atomic mass is 32.1. The van der Waals surface area contributed by atoms with E-state index in [0.717, 1.165) is 21.1 Å². The number of aromatic nitrogens is 1. The number of allylic oxidation sites excluding steroid dienone is 1. The van der Waals surface area contributed by atoms with Gasteiger partial charge in [-0.3, -0.25) is 19.0 Å². The summed E-state index contributed by atoms with van der Waals surface area (Å²) in [7, 11) is 1.28. The van der Waals surface area contributed by atoms with Crippen LogP contribution in [0.5, 0.6) is 0 Å². The maximum Gasteiger partial charge on any atom is 0.338 e. The molecule has 0 fully saturated rings. The van der Waals surface area contributed by atoms with Gasteiger partial charge in [-0.2, -0.15) is 0 Å². The molecule has 0 saturated carbocycles. The lowest BCUT2D eigenvalue weighted by atomic mass is 10.0. The van der Waals surface area contributed by atoms with Gasteiger partial charge in [0.05, 0.1) is 29.6 Å². The van der Waals surface area contributed by atoms with Gasteiger partial charge in [-0.05, 0) is 24.4 Å². The van der Waals surface area contributed by atoms with Crippen LogP contribution in [0, 0.1) is 0 Å². The third-order valence-electron chi connectivity index (χ3n) is 5.59. The lowest BCUT2D eigenvalue weighted by Crippen LogP contribution is -2.40. The number of benzene rings is 1. The van der Waals surface area contributed by atoms with Crippen molar-refractivity contribution in [2.45, 2.75) is 19.9 Å². The first-order chi connectivity index (χ1) is 15.8. The molecule has 0 N–H and O–H groups in total. The number of fused-ring (bicyclic) bond motifs is 2. The number of rotatable bonds is 2. The molecule has 166 valence electrons. The first kappa shape index (κ1) is 21.2. The van der Waals surface area contributed by atoms with Gasteiger partial charge < -0.3 is 4.74 Å². The highest BCUT2D eigenvalue weighted by Gasteiger charge is 2.38. The Kier molecular flexibility index (Phi) is 4.98. The normalized spacial score (nSPS) is 18.7. The summed E-state index contributed by atoms with van der Waals surface area (Å²) < 4.78 is 6.60. The lowest BCUT2D eigenvalue weighted by molar-refractivity contribution is -0.136. The van der Waals surface area contributed by atoms with Crippen molar-refractivity contribution in [2.24, 2.45) is 4.99 Å². The van der Waals surface area contributed by atoms with Gasteiger partial charge in [0, 0.05) is 17.4 Å². The van der Waals surface area contributed by atoms with E-state index in [2.05, 4.69) is 4.99 Å². The summed E-state index contributed by atoms with van der Waals surface area (Å²) >= 11 is 2.48. The molecule has 5 rings (SSSR count). The molecule has 2 aromatic heterocycles. The van der Waals surface area contributed by atoms with Crippen molar-refractivity contribution in [3.63, 3.8) is 0 Å². The van der Waals surface area contributed by atoms with Crippen molar-refractivity contribution in [1.29, 1.82) is 0 Å². The van der Waals surface area contributed by atoms with Gasteiger partial charge >= 0.3 is 5.97 Å². The molecule has 0 radical (unpaired) electrons. The van der Waals surface area contributed by atoms with Gasteiger partial charge in [0.15, 0.2) is 4.80 Å². The number of para-hydroxylation sites is 1. The number of thiazole rings is 1. The van der Waals surface area contributed by atoms with Crippen molar-refractivity contribution in [3.05, 3.63) is 83.2 Å². The Morgan fingerprint density at radius 3 is 2.55 bits per heavy atom. The van der Waals surface area contributed by atoms with Crippen LogP contribution in [0.4, 0.5) is 5.69 Å². The molecule has 2 aliphatic heterocycles. The quantitative estimate of drug-likeness (QED) is 0.522. The van der Waals surface area contributed by atoms with Gasteiger partial charge in [-0.1, -0.05) is 35.6 Å². The Morgan fingerprint density at radius 1 is 1.12 bits per heavy atom. The molecule has 1 unspecified atom stereocenters. The second-order valence-electron chi connectivity index (χ2n) is 7.46. The fraction of sp³-hybridized carbons (Fsp3) is 0.174. The number of ether oxygens (including phenoxy) is 1. The van der Waals surface area contributed by atoms with Crippen LogP contribution < -0.4 is 19.8 Å². The summed E-state index contributed by atoms with van der Waals surface area (Å²) in [5, 5.41) is 1.86. The SMILES string of the molecule is COC(=O)C1=C(C)N=c2sc(=C3C(=O)N(C(C)=O)c4ccccc43)c(=O)n2C1c1cccs1. The average molecular weight is 480 g/mol. The number of esters is 1. The molecule has 2 amide bonds. The van der Waals surface area contributed by atoms with Crippen molar-refractivity contribution in [2.75, 3.05) is 12.0 Å². The number of carbonyl (C=O) groups is 3. The minimum absolute atomic E-state index is 0.162. The van der Waals surface area contributed by atoms with E-state index in [1.165, 1.54) is 29.9 Å². The topological polar surface area (TPSA) is 98.0 Å². The number of imide groups is 1. The summed E-state index contributed by atoms with van der Waals surface area (Å²) in [6.45, 7) is 3.00. The summed E-state index contributed by atoms with van der Waals surface area (Å²) in [5.41, 5.74) is 1.38. The van der Waals surface area contributed by atoms with E-state index in [1.54, 1.807) is 31.2 Å². The lowest BCUT2D eigenvalue weighted by Gasteiger charge is -2.22. The molecular formula is C23H17N3O5S2. The second-order valence-corrected chi connectivity index (χ2v) is 9.42. The van der Waals surface area contributed by atoms with Gasteiger partial charge in [0.1, 0.15) is 10.6 Å². The van der Waals surface area contributed by atoms with Crippen molar-refractivity contribution in [3.8, 4) is 0 Å². The zero-order chi connectivity index (χ0) is 23.4. The van der Waals surface area contributed by atoms with E-state index < -0.39 is 29.4 Å². The van der Waals surface area contributed by atoms with Crippen LogP contribution in [-0.2, 0) is 19.1 Å². The summed E-state index contributed by atoms with van der Waals surface area (Å²) in [4.78, 5) is 58.6. The maximum absolute atomic E-state index is 13.8. The second kappa shape index (κ2) is 7.75. The number of amides is 2. The number of hydrogen-bond donors (Lipinski definition) is 0. The molecule has 0 bridgehead atoms. The predicted molar refractivity (Wildman–Crippen MR) is 124 cm³/mol. The van der Waals surface area contributed by atoms with E-state index in [4.69, 9.17) is 4.74 Å².